The van der Waals surface area contributed by atoms with E-state index in [0.717, 1.165) is 17.8 Å². The van der Waals surface area contributed by atoms with E-state index in [1.54, 1.807) is 4.90 Å². The number of ether oxygens (including phenoxy) is 2. The van der Waals surface area contributed by atoms with Gasteiger partial charge in [0.2, 0.25) is 0 Å². The Morgan fingerprint density at radius 2 is 1.97 bits per heavy atom. The van der Waals surface area contributed by atoms with Crippen molar-refractivity contribution in [3.63, 3.8) is 0 Å². The molecule has 4 rings (SSSR count). The molecule has 2 fully saturated rings. The van der Waals surface area contributed by atoms with Crippen molar-refractivity contribution in [1.29, 1.82) is 0 Å². The Morgan fingerprint density at radius 1 is 1.23 bits per heavy atom. The number of carbonyl (C=O) groups is 1. The molecular weight excluding hydrogens is 399 g/mol. The normalized spacial score (nSPS) is 23.3. The van der Waals surface area contributed by atoms with E-state index in [9.17, 15) is 9.18 Å². The van der Waals surface area contributed by atoms with Crippen LogP contribution in [0.5, 0.6) is 0 Å². The van der Waals surface area contributed by atoms with Gasteiger partial charge in [-0.3, -0.25) is 4.90 Å². The first-order valence-corrected chi connectivity index (χ1v) is 10.8. The predicted octanol–water partition coefficient (Wildman–Crippen LogP) is 3.62. The summed E-state index contributed by atoms with van der Waals surface area (Å²) in [6.45, 7) is 10.8. The lowest BCUT2D eigenvalue weighted by Crippen LogP contribution is -2.60. The maximum atomic E-state index is 13.3. The van der Waals surface area contributed by atoms with Gasteiger partial charge in [-0.15, -0.1) is 0 Å². The minimum atomic E-state index is -0.511. The molecule has 1 amide bonds. The summed E-state index contributed by atoms with van der Waals surface area (Å²) >= 11 is 0. The second kappa shape index (κ2) is 8.59. The van der Waals surface area contributed by atoms with Crippen LogP contribution in [0.3, 0.4) is 0 Å². The van der Waals surface area contributed by atoms with Gasteiger partial charge >= 0.3 is 6.09 Å². The van der Waals surface area contributed by atoms with Crippen LogP contribution in [0.4, 0.5) is 9.18 Å². The maximum absolute atomic E-state index is 13.3. The molecule has 2 aliphatic rings. The second-order valence-electron chi connectivity index (χ2n) is 9.32. The summed E-state index contributed by atoms with van der Waals surface area (Å²) in [5.41, 5.74) is 1.57. The molecule has 2 aromatic rings. The van der Waals surface area contributed by atoms with E-state index < -0.39 is 5.60 Å². The van der Waals surface area contributed by atoms with E-state index in [-0.39, 0.29) is 30.0 Å². The highest BCUT2D eigenvalue weighted by Gasteiger charge is 2.40. The summed E-state index contributed by atoms with van der Waals surface area (Å²) in [6.07, 6.45) is 3.44. The first kappa shape index (κ1) is 21.8. The third-order valence-corrected chi connectivity index (χ3v) is 5.97. The molecule has 0 aliphatic carbocycles. The molecule has 2 saturated heterocycles. The van der Waals surface area contributed by atoms with Gasteiger partial charge in [0.15, 0.2) is 0 Å². The van der Waals surface area contributed by atoms with Gasteiger partial charge in [-0.1, -0.05) is 12.1 Å². The van der Waals surface area contributed by atoms with Crippen molar-refractivity contribution in [3.05, 3.63) is 53.9 Å². The number of hydrogen-bond acceptors (Lipinski definition) is 5. The topological polar surface area (TPSA) is 59.8 Å². The zero-order valence-corrected chi connectivity index (χ0v) is 18.6. The number of hydrogen-bond donors (Lipinski definition) is 0. The minimum absolute atomic E-state index is 0.0153. The third kappa shape index (κ3) is 4.75. The molecule has 2 aliphatic heterocycles. The first-order chi connectivity index (χ1) is 14.7. The number of aromatic nitrogens is 2. The Morgan fingerprint density at radius 3 is 2.68 bits per heavy atom. The zero-order chi connectivity index (χ0) is 22.2. The summed E-state index contributed by atoms with van der Waals surface area (Å²) in [4.78, 5) is 21.1. The molecule has 3 heterocycles. The van der Waals surface area contributed by atoms with Crippen molar-refractivity contribution < 1.29 is 18.7 Å². The summed E-state index contributed by atoms with van der Waals surface area (Å²) in [7, 11) is 0. The van der Waals surface area contributed by atoms with Gasteiger partial charge in [0, 0.05) is 25.8 Å². The molecule has 8 heteroatoms. The van der Waals surface area contributed by atoms with E-state index in [0.29, 0.717) is 26.3 Å². The lowest BCUT2D eigenvalue weighted by molar-refractivity contribution is -0.0852. The Balaban J connectivity index is 1.50. The van der Waals surface area contributed by atoms with E-state index in [4.69, 9.17) is 9.47 Å². The van der Waals surface area contributed by atoms with Gasteiger partial charge in [-0.05, 0) is 45.4 Å². The van der Waals surface area contributed by atoms with Crippen LogP contribution in [0.15, 0.2) is 36.8 Å². The fraction of sp³-hybridized carbons (Fsp3) is 0.565. The Labute approximate surface area is 182 Å². The van der Waals surface area contributed by atoms with Crippen molar-refractivity contribution in [2.75, 3.05) is 32.8 Å². The number of amides is 1. The predicted molar refractivity (Wildman–Crippen MR) is 114 cm³/mol. The van der Waals surface area contributed by atoms with Crippen LogP contribution < -0.4 is 0 Å². The first-order valence-electron chi connectivity index (χ1n) is 10.8. The standard InChI is InChI=1S/C23H31FN4O3/c1-16(17-5-7-18(24)8-6-17)28-15-25-11-20(28)21-14-30-13-19-12-26(9-10-27(19)21)22(29)31-23(2,3)4/h5-8,11,15-16,19,21H,9-10,12-14H2,1-4H3/t16-,19?,21?/m1/s1. The van der Waals surface area contributed by atoms with Crippen molar-refractivity contribution in [2.45, 2.75) is 51.4 Å². The number of rotatable bonds is 3. The Hall–Kier alpha value is -2.45. The lowest BCUT2D eigenvalue weighted by Gasteiger charge is -2.48. The van der Waals surface area contributed by atoms with Crippen molar-refractivity contribution in [3.8, 4) is 0 Å². The number of halogens is 1. The summed E-state index contributed by atoms with van der Waals surface area (Å²) in [5.74, 6) is -0.242. The number of imidazole rings is 1. The van der Waals surface area contributed by atoms with Crippen LogP contribution in [0.25, 0.3) is 0 Å². The summed E-state index contributed by atoms with van der Waals surface area (Å²) in [5, 5.41) is 0. The van der Waals surface area contributed by atoms with Gasteiger partial charge in [0.1, 0.15) is 11.4 Å². The van der Waals surface area contributed by atoms with Crippen LogP contribution in [0, 0.1) is 5.82 Å². The monoisotopic (exact) mass is 430 g/mol. The van der Waals surface area contributed by atoms with E-state index in [1.807, 2.05) is 45.4 Å². The lowest BCUT2D eigenvalue weighted by atomic mass is 10.0. The number of piperazine rings is 1. The molecule has 0 spiro atoms. The van der Waals surface area contributed by atoms with Crippen LogP contribution in [-0.2, 0) is 9.47 Å². The van der Waals surface area contributed by atoms with E-state index in [2.05, 4.69) is 21.4 Å². The maximum Gasteiger partial charge on any atom is 0.410 e. The highest BCUT2D eigenvalue weighted by Crippen LogP contribution is 2.32. The average Bonchev–Trinajstić information content (AvgIpc) is 3.21. The number of morpholine rings is 1. The number of fused-ring (bicyclic) bond motifs is 1. The van der Waals surface area contributed by atoms with Gasteiger partial charge in [-0.25, -0.2) is 14.2 Å². The SMILES string of the molecule is C[C@H](c1ccc(F)cc1)n1cncc1C1COCC2CN(C(=O)OC(C)(C)C)CCN21. The molecule has 3 atom stereocenters. The third-order valence-electron chi connectivity index (χ3n) is 5.97. The quantitative estimate of drug-likeness (QED) is 0.744. The van der Waals surface area contributed by atoms with E-state index >= 15 is 0 Å². The molecular formula is C23H31FN4O3. The molecule has 1 aromatic heterocycles. The van der Waals surface area contributed by atoms with Gasteiger partial charge in [0.25, 0.3) is 0 Å². The number of carbonyl (C=O) groups excluding carboxylic acids is 1. The highest BCUT2D eigenvalue weighted by atomic mass is 19.1. The molecule has 1 aromatic carbocycles. The number of nitrogens with zero attached hydrogens (tertiary/aromatic N) is 4. The highest BCUT2D eigenvalue weighted by molar-refractivity contribution is 5.68. The molecule has 0 saturated carbocycles. The minimum Gasteiger partial charge on any atom is -0.444 e. The molecule has 0 N–H and O–H groups in total. The van der Waals surface area contributed by atoms with Crippen molar-refractivity contribution >= 4 is 6.09 Å². The fourth-order valence-electron chi connectivity index (χ4n) is 4.39. The summed E-state index contributed by atoms with van der Waals surface area (Å²) < 4.78 is 27.0. The van der Waals surface area contributed by atoms with E-state index in [1.165, 1.54) is 12.1 Å². The van der Waals surface area contributed by atoms with Gasteiger partial charge in [0.05, 0.1) is 43.4 Å². The van der Waals surface area contributed by atoms with Crippen LogP contribution in [-0.4, -0.2) is 69.9 Å². The Bertz CT molecular complexity index is 908. The summed E-state index contributed by atoms with van der Waals surface area (Å²) in [6, 6.07) is 6.75. The van der Waals surface area contributed by atoms with Gasteiger partial charge in [-0.2, -0.15) is 0 Å². The van der Waals surface area contributed by atoms with Crippen LogP contribution in [0.1, 0.15) is 51.0 Å². The fourth-order valence-corrected chi connectivity index (χ4v) is 4.39. The largest absolute Gasteiger partial charge is 0.444 e. The Kier molecular flexibility index (Phi) is 6.03. The smallest absolute Gasteiger partial charge is 0.410 e. The van der Waals surface area contributed by atoms with Crippen LogP contribution in [0.2, 0.25) is 0 Å². The molecule has 0 radical (unpaired) electrons. The van der Waals surface area contributed by atoms with Gasteiger partial charge < -0.3 is 18.9 Å². The molecule has 168 valence electrons. The molecule has 7 nitrogen and oxygen atoms in total. The average molecular weight is 431 g/mol. The van der Waals surface area contributed by atoms with Crippen LogP contribution >= 0.6 is 0 Å². The van der Waals surface area contributed by atoms with Crippen molar-refractivity contribution in [2.24, 2.45) is 0 Å². The van der Waals surface area contributed by atoms with Crippen molar-refractivity contribution in [1.82, 2.24) is 19.4 Å². The number of benzene rings is 1. The molecule has 0 bridgehead atoms. The molecule has 2 unspecified atom stereocenters. The zero-order valence-electron chi connectivity index (χ0n) is 18.6. The second-order valence-corrected chi connectivity index (χ2v) is 9.32. The molecule has 31 heavy (non-hydrogen) atoms.